The first kappa shape index (κ1) is 47.7. The Hall–Kier alpha value is -2.33. The number of fused-ring (bicyclic) bond motifs is 2. The van der Waals surface area contributed by atoms with Gasteiger partial charge in [0.25, 0.3) is 0 Å². The van der Waals surface area contributed by atoms with Gasteiger partial charge in [-0.25, -0.2) is 0 Å². The Labute approximate surface area is 357 Å². The first-order valence-corrected chi connectivity index (χ1v) is 23.8. The maximum Gasteiger partial charge on any atom is 0.309 e. The minimum absolute atomic E-state index is 0.0463. The third-order valence-electron chi connectivity index (χ3n) is 16.3. The summed E-state index contributed by atoms with van der Waals surface area (Å²) in [4.78, 5) is 76.7. The van der Waals surface area contributed by atoms with Crippen LogP contribution in [0.4, 0.5) is 0 Å². The van der Waals surface area contributed by atoms with E-state index in [0.717, 1.165) is 64.2 Å². The number of rotatable bonds is 19. The number of aliphatic carboxylic acids is 1. The summed E-state index contributed by atoms with van der Waals surface area (Å²) in [5.74, 6) is -4.51. The highest BCUT2D eigenvalue weighted by Gasteiger charge is 2.66. The Balaban J connectivity index is 1.52. The summed E-state index contributed by atoms with van der Waals surface area (Å²) in [6, 6.07) is -0.886. The van der Waals surface area contributed by atoms with Gasteiger partial charge in [-0.3, -0.25) is 28.9 Å². The Morgan fingerprint density at radius 3 is 2.03 bits per heavy atom. The molecule has 3 saturated carbocycles. The molecule has 11 atom stereocenters. The lowest BCUT2D eigenvalue weighted by molar-refractivity contribution is -0.176. The molecule has 2 saturated heterocycles. The highest BCUT2D eigenvalue weighted by Crippen LogP contribution is 2.62. The Morgan fingerprint density at radius 2 is 1.54 bits per heavy atom. The fourth-order valence-corrected chi connectivity index (χ4v) is 13.2. The van der Waals surface area contributed by atoms with Crippen LogP contribution in [0.15, 0.2) is 0 Å². The zero-order valence-corrected chi connectivity index (χ0v) is 38.9. The third-order valence-corrected chi connectivity index (χ3v) is 16.3. The summed E-state index contributed by atoms with van der Waals surface area (Å²) >= 11 is 0. The molecule has 3 aliphatic carbocycles. The maximum atomic E-state index is 15.2. The fourth-order valence-electron chi connectivity index (χ4n) is 13.2. The van der Waals surface area contributed by atoms with Gasteiger partial charge in [0, 0.05) is 24.4 Å². The lowest BCUT2D eigenvalue weighted by atomic mass is 9.56. The Kier molecular flexibility index (Phi) is 15.3. The van der Waals surface area contributed by atoms with Crippen molar-refractivity contribution in [2.24, 2.45) is 74.9 Å². The third kappa shape index (κ3) is 9.54. The van der Waals surface area contributed by atoms with Crippen LogP contribution in [0.2, 0.25) is 0 Å². The summed E-state index contributed by atoms with van der Waals surface area (Å²) in [6.45, 7) is 26.9. The Morgan fingerprint density at radius 1 is 0.932 bits per heavy atom. The molecule has 10 nitrogen and oxygen atoms in total. The number of likely N-dealkylation sites (tertiary alicyclic amines) is 1. The molecule has 2 aliphatic heterocycles. The number of carbonyl (C=O) groups is 5. The van der Waals surface area contributed by atoms with E-state index in [1.54, 1.807) is 0 Å². The van der Waals surface area contributed by atoms with Crippen LogP contribution < -0.4 is 0 Å². The molecule has 5 fully saturated rings. The zero-order chi connectivity index (χ0) is 43.7. The molecular weight excluding hydrogens is 745 g/mol. The maximum absolute atomic E-state index is 15.2. The van der Waals surface area contributed by atoms with E-state index in [2.05, 4.69) is 41.5 Å². The summed E-state index contributed by atoms with van der Waals surface area (Å²) < 4.78 is 11.6. The highest BCUT2D eigenvalue weighted by atomic mass is 16.5. The number of ketones is 2. The first-order chi connectivity index (χ1) is 27.7. The van der Waals surface area contributed by atoms with Crippen molar-refractivity contribution < 1.29 is 38.6 Å². The lowest BCUT2D eigenvalue weighted by Gasteiger charge is -2.46. The van der Waals surface area contributed by atoms with E-state index in [-0.39, 0.29) is 52.0 Å². The van der Waals surface area contributed by atoms with Gasteiger partial charge in [-0.1, -0.05) is 95.4 Å². The number of hydrogen-bond acceptors (Lipinski definition) is 8. The summed E-state index contributed by atoms with van der Waals surface area (Å²) in [6.07, 6.45) is 9.96. The highest BCUT2D eigenvalue weighted by molar-refractivity contribution is 6.17. The van der Waals surface area contributed by atoms with Crippen molar-refractivity contribution in [1.82, 2.24) is 9.80 Å². The van der Waals surface area contributed by atoms with E-state index in [1.165, 1.54) is 0 Å². The molecule has 0 aromatic carbocycles. The number of unbranched alkanes of at least 4 members (excludes halogenated alkanes) is 2. The van der Waals surface area contributed by atoms with E-state index in [4.69, 9.17) is 9.47 Å². The number of hydrogen-bond donors (Lipinski definition) is 1. The standard InChI is InChI=1S/C49H82N2O8/c1-12-15-22-51(23-16-13-2)43(54)34(21-20-33-35-26-32(38(33)46(5,6)7)27-36(35)45(57)59-30-49(14-3)28-58-29-49)37(44(55)56)31(4)48(11)41(47(8,9)10)40(52)39(42(48)53)50-24-18-17-19-25-50/h31-39,41H,12-30H2,1-11H3,(H,55,56). The molecule has 10 heteroatoms. The van der Waals surface area contributed by atoms with Crippen molar-refractivity contribution in [3.05, 3.63) is 0 Å². The van der Waals surface area contributed by atoms with Gasteiger partial charge < -0.3 is 19.5 Å². The van der Waals surface area contributed by atoms with Crippen LogP contribution in [0.5, 0.6) is 0 Å². The molecule has 59 heavy (non-hydrogen) atoms. The number of ether oxygens (including phenoxy) is 2. The average Bonchev–Trinajstić information content (AvgIpc) is 3.81. The predicted molar refractivity (Wildman–Crippen MR) is 230 cm³/mol. The van der Waals surface area contributed by atoms with Crippen LogP contribution in [0, 0.1) is 74.9 Å². The second kappa shape index (κ2) is 19.0. The van der Waals surface area contributed by atoms with Crippen molar-refractivity contribution in [3.63, 3.8) is 0 Å². The summed E-state index contributed by atoms with van der Waals surface area (Å²) in [5.41, 5.74) is -2.03. The first-order valence-electron chi connectivity index (χ1n) is 23.8. The molecule has 5 rings (SSSR count). The molecule has 1 N–H and O–H groups in total. The molecule has 0 aromatic heterocycles. The van der Waals surface area contributed by atoms with Crippen molar-refractivity contribution in [2.45, 2.75) is 159 Å². The van der Waals surface area contributed by atoms with Gasteiger partial charge >= 0.3 is 11.9 Å². The number of nitrogens with zero attached hydrogens (tertiary/aromatic N) is 2. The number of Topliss-reactive ketones (excluding diaryl/α,β-unsaturated/α-hetero) is 2. The van der Waals surface area contributed by atoms with Gasteiger partial charge in [-0.05, 0) is 111 Å². The van der Waals surface area contributed by atoms with Crippen molar-refractivity contribution in [3.8, 4) is 0 Å². The molecule has 336 valence electrons. The van der Waals surface area contributed by atoms with Crippen molar-refractivity contribution in [1.29, 1.82) is 0 Å². The quantitative estimate of drug-likeness (QED) is 0.100. The summed E-state index contributed by atoms with van der Waals surface area (Å²) in [7, 11) is 0. The molecule has 0 aromatic rings. The lowest BCUT2D eigenvalue weighted by Crippen LogP contribution is -2.52. The number of amides is 1. The van der Waals surface area contributed by atoms with Gasteiger partial charge in [0.05, 0.1) is 36.4 Å². The minimum Gasteiger partial charge on any atom is -0.481 e. The monoisotopic (exact) mass is 827 g/mol. The van der Waals surface area contributed by atoms with Crippen LogP contribution in [-0.4, -0.2) is 96.4 Å². The van der Waals surface area contributed by atoms with Gasteiger partial charge in [-0.15, -0.1) is 0 Å². The Bertz CT molecular complexity index is 1490. The van der Waals surface area contributed by atoms with E-state index in [9.17, 15) is 19.5 Å². The molecule has 2 heterocycles. The van der Waals surface area contributed by atoms with E-state index < -0.39 is 46.5 Å². The fraction of sp³-hybridized carbons (Fsp3) is 0.898. The van der Waals surface area contributed by atoms with Gasteiger partial charge in [0.15, 0.2) is 11.6 Å². The second-order valence-electron chi connectivity index (χ2n) is 22.2. The van der Waals surface area contributed by atoms with E-state index >= 15 is 9.59 Å². The largest absolute Gasteiger partial charge is 0.481 e. The van der Waals surface area contributed by atoms with Gasteiger partial charge in [0.1, 0.15) is 12.6 Å². The zero-order valence-electron chi connectivity index (χ0n) is 38.9. The molecule has 1 amide bonds. The molecule has 0 radical (unpaired) electrons. The number of piperidine rings is 1. The van der Waals surface area contributed by atoms with Gasteiger partial charge in [-0.2, -0.15) is 0 Å². The molecule has 0 spiro atoms. The average molecular weight is 827 g/mol. The van der Waals surface area contributed by atoms with Crippen LogP contribution in [-0.2, 0) is 33.4 Å². The number of carboxylic acid groups (broad SMARTS) is 1. The smallest absolute Gasteiger partial charge is 0.309 e. The van der Waals surface area contributed by atoms with E-state index in [0.29, 0.717) is 70.7 Å². The van der Waals surface area contributed by atoms with Crippen LogP contribution in [0.25, 0.3) is 0 Å². The van der Waals surface area contributed by atoms with Crippen LogP contribution in [0.3, 0.4) is 0 Å². The van der Waals surface area contributed by atoms with Crippen LogP contribution in [0.1, 0.15) is 153 Å². The number of esters is 1. The minimum atomic E-state index is -1.28. The van der Waals surface area contributed by atoms with E-state index in [1.807, 2.05) is 44.4 Å². The SMILES string of the molecule is CCCCN(CCCC)C(=O)C(CCC1C2CC(CC2C(=O)OCC2(CC)COC2)C1C(C)(C)C)C(C(=O)O)C(C)C1(C)C(=O)C(N2CCCCC2)C(=O)C1C(C)(C)C. The topological polar surface area (TPSA) is 131 Å². The van der Waals surface area contributed by atoms with Crippen LogP contribution >= 0.6 is 0 Å². The molecule has 5 aliphatic rings. The van der Waals surface area contributed by atoms with Crippen molar-refractivity contribution >= 4 is 29.4 Å². The van der Waals surface area contributed by atoms with Crippen molar-refractivity contribution in [2.75, 3.05) is 46.0 Å². The molecule has 11 unspecified atom stereocenters. The normalized spacial score (nSPS) is 32.4. The second-order valence-corrected chi connectivity index (χ2v) is 22.2. The summed E-state index contributed by atoms with van der Waals surface area (Å²) in [5, 5.41) is 11.4. The molecular formula is C49H82N2O8. The molecule has 2 bridgehead atoms. The predicted octanol–water partition coefficient (Wildman–Crippen LogP) is 8.73. The number of carbonyl (C=O) groups excluding carboxylic acids is 4. The van der Waals surface area contributed by atoms with Gasteiger partial charge in [0.2, 0.25) is 5.91 Å². The number of carboxylic acids is 1.